The summed E-state index contributed by atoms with van der Waals surface area (Å²) >= 11 is 0. The lowest BCUT2D eigenvalue weighted by molar-refractivity contribution is -0.356. The van der Waals surface area contributed by atoms with E-state index in [0.29, 0.717) is 26.4 Å². The second-order valence-electron chi connectivity index (χ2n) is 18.3. The largest absolute Gasteiger partial charge is 0.368 e. The molecule has 12 nitrogen and oxygen atoms in total. The summed E-state index contributed by atoms with van der Waals surface area (Å²) in [5.74, 6) is -4.28. The summed E-state index contributed by atoms with van der Waals surface area (Å²) < 4.78 is 79.3. The summed E-state index contributed by atoms with van der Waals surface area (Å²) in [6, 6.07) is 48.4. The Kier molecular flexibility index (Phi) is 14.8. The standard InChI is InChI=1S/C54H62O12/c1-51(2)63-37-53(65-51)49(47(57-31-41-22-13-7-14-23-41)45(35-61-53)55-29-39-18-9-5-10-19-39)59-33-43-26-17-27-44(28-43)34-60-50-48(58-32-42-24-15-8-16-25-42)46(56-30-40-20-11-6-12-21-40)36-62-54(50)38-64-52(3,4)66-54/h5-28,45-50H,29-38H2,1-4H3/t45-,46-,47-,48-,49+,50+,53+,54+/m1/s1. The number of rotatable bonds is 18. The van der Waals surface area contributed by atoms with Crippen molar-refractivity contribution < 1.29 is 56.8 Å². The van der Waals surface area contributed by atoms with Gasteiger partial charge in [-0.05, 0) is 61.1 Å². The molecule has 4 aliphatic rings. The van der Waals surface area contributed by atoms with Gasteiger partial charge in [0.05, 0.1) is 52.9 Å². The molecular weight excluding hydrogens is 841 g/mol. The van der Waals surface area contributed by atoms with Gasteiger partial charge in [-0.3, -0.25) is 0 Å². The van der Waals surface area contributed by atoms with Crippen molar-refractivity contribution in [2.24, 2.45) is 0 Å². The Labute approximate surface area is 388 Å². The molecule has 0 aromatic heterocycles. The lowest BCUT2D eigenvalue weighted by atomic mass is 9.96. The molecule has 66 heavy (non-hydrogen) atoms. The summed E-state index contributed by atoms with van der Waals surface area (Å²) in [4.78, 5) is 0. The first-order valence-corrected chi connectivity index (χ1v) is 23.0. The first-order valence-electron chi connectivity index (χ1n) is 23.0. The molecule has 0 aliphatic carbocycles. The van der Waals surface area contributed by atoms with Crippen LogP contribution in [0.2, 0.25) is 0 Å². The van der Waals surface area contributed by atoms with Crippen molar-refractivity contribution in [3.63, 3.8) is 0 Å². The van der Waals surface area contributed by atoms with Gasteiger partial charge >= 0.3 is 0 Å². The van der Waals surface area contributed by atoms with Gasteiger partial charge in [0.1, 0.15) is 49.8 Å². The second-order valence-corrected chi connectivity index (χ2v) is 18.3. The number of benzene rings is 5. The molecule has 4 fully saturated rings. The Hall–Kier alpha value is -4.38. The highest BCUT2D eigenvalue weighted by atomic mass is 16.9. The maximum Gasteiger partial charge on any atom is 0.224 e. The molecule has 5 aromatic carbocycles. The molecule has 350 valence electrons. The fourth-order valence-electron chi connectivity index (χ4n) is 9.00. The molecule has 0 saturated carbocycles. The lowest BCUT2D eigenvalue weighted by Crippen LogP contribution is -2.64. The summed E-state index contributed by atoms with van der Waals surface area (Å²) in [6.45, 7) is 10.2. The summed E-state index contributed by atoms with van der Waals surface area (Å²) in [5.41, 5.74) is 5.97. The Bertz CT molecular complexity index is 2110. The minimum atomic E-state index is -1.24. The molecule has 0 N–H and O–H groups in total. The van der Waals surface area contributed by atoms with E-state index < -0.39 is 59.8 Å². The van der Waals surface area contributed by atoms with Crippen molar-refractivity contribution in [2.75, 3.05) is 26.4 Å². The second kappa shape index (κ2) is 20.9. The third-order valence-electron chi connectivity index (χ3n) is 12.3. The number of hydrogen-bond donors (Lipinski definition) is 0. The predicted molar refractivity (Wildman–Crippen MR) is 243 cm³/mol. The number of ether oxygens (including phenoxy) is 12. The van der Waals surface area contributed by atoms with Crippen molar-refractivity contribution in [1.82, 2.24) is 0 Å². The van der Waals surface area contributed by atoms with Crippen LogP contribution in [0.4, 0.5) is 0 Å². The van der Waals surface area contributed by atoms with Gasteiger partial charge in [-0.1, -0.05) is 146 Å². The summed E-state index contributed by atoms with van der Waals surface area (Å²) in [5, 5.41) is 0. The van der Waals surface area contributed by atoms with Gasteiger partial charge in [-0.15, -0.1) is 0 Å². The quantitative estimate of drug-likeness (QED) is 0.0839. The minimum Gasteiger partial charge on any atom is -0.368 e. The molecule has 4 heterocycles. The molecule has 4 saturated heterocycles. The van der Waals surface area contributed by atoms with Crippen LogP contribution < -0.4 is 0 Å². The van der Waals surface area contributed by atoms with Gasteiger partial charge in [0.25, 0.3) is 0 Å². The molecule has 8 atom stereocenters. The zero-order chi connectivity index (χ0) is 45.5. The third kappa shape index (κ3) is 11.5. The van der Waals surface area contributed by atoms with E-state index in [-0.39, 0.29) is 39.6 Å². The average molecular weight is 903 g/mol. The van der Waals surface area contributed by atoms with Crippen molar-refractivity contribution in [3.8, 4) is 0 Å². The van der Waals surface area contributed by atoms with Gasteiger partial charge in [0.15, 0.2) is 11.6 Å². The smallest absolute Gasteiger partial charge is 0.224 e. The summed E-state index contributed by atoms with van der Waals surface area (Å²) in [7, 11) is 0. The van der Waals surface area contributed by atoms with E-state index in [2.05, 4.69) is 6.07 Å². The zero-order valence-electron chi connectivity index (χ0n) is 38.3. The Morgan fingerprint density at radius 2 is 0.697 bits per heavy atom. The molecule has 2 spiro atoms. The van der Waals surface area contributed by atoms with E-state index in [9.17, 15) is 0 Å². The molecule has 0 unspecified atom stereocenters. The van der Waals surface area contributed by atoms with Crippen LogP contribution in [0.15, 0.2) is 146 Å². The molecule has 9 rings (SSSR count). The molecule has 5 aromatic rings. The van der Waals surface area contributed by atoms with E-state index >= 15 is 0 Å². The van der Waals surface area contributed by atoms with Gasteiger partial charge in [-0.2, -0.15) is 0 Å². The van der Waals surface area contributed by atoms with Gasteiger partial charge < -0.3 is 56.8 Å². The van der Waals surface area contributed by atoms with Crippen molar-refractivity contribution in [1.29, 1.82) is 0 Å². The van der Waals surface area contributed by atoms with Crippen molar-refractivity contribution in [3.05, 3.63) is 179 Å². The Balaban J connectivity index is 0.951. The van der Waals surface area contributed by atoms with Crippen LogP contribution in [0.3, 0.4) is 0 Å². The van der Waals surface area contributed by atoms with Crippen molar-refractivity contribution in [2.45, 2.75) is 127 Å². The lowest BCUT2D eigenvalue weighted by Gasteiger charge is -2.47. The normalized spacial score (nSPS) is 29.1. The maximum atomic E-state index is 6.93. The van der Waals surface area contributed by atoms with E-state index in [1.807, 2.05) is 167 Å². The topological polar surface area (TPSA) is 111 Å². The van der Waals surface area contributed by atoms with Gasteiger partial charge in [-0.25, -0.2) is 0 Å². The van der Waals surface area contributed by atoms with Crippen LogP contribution in [0, 0.1) is 0 Å². The molecule has 12 heteroatoms. The third-order valence-corrected chi connectivity index (χ3v) is 12.3. The first-order chi connectivity index (χ1) is 32.1. The van der Waals surface area contributed by atoms with Crippen LogP contribution in [0.25, 0.3) is 0 Å². The predicted octanol–water partition coefficient (Wildman–Crippen LogP) is 8.82. The monoisotopic (exact) mass is 902 g/mol. The molecule has 0 amide bonds. The van der Waals surface area contributed by atoms with Gasteiger partial charge in [0.2, 0.25) is 11.6 Å². The fraction of sp³-hybridized carbons (Fsp3) is 0.444. The van der Waals surface area contributed by atoms with Gasteiger partial charge in [0, 0.05) is 0 Å². The molecule has 4 aliphatic heterocycles. The SMILES string of the molecule is CC1(C)OC[C@]2(OC[C@@H](OCc3ccccc3)[C@@H](OCc3ccccc3)[C@@H]2OCc2cccc(CO[C@H]3[C@H](OCc4ccccc4)[C@H](OCc4ccccc4)CO[C@]34COC(C)(C)O4)c2)O1. The number of hydrogen-bond acceptors (Lipinski definition) is 12. The van der Waals surface area contributed by atoms with Crippen molar-refractivity contribution >= 4 is 0 Å². The average Bonchev–Trinajstić information content (AvgIpc) is 3.83. The van der Waals surface area contributed by atoms with E-state index in [4.69, 9.17) is 56.8 Å². The maximum absolute atomic E-state index is 6.93. The highest BCUT2D eigenvalue weighted by Crippen LogP contribution is 2.44. The first kappa shape index (κ1) is 46.7. The van der Waals surface area contributed by atoms with Crippen LogP contribution in [-0.2, 0) is 96.5 Å². The van der Waals surface area contributed by atoms with Crippen LogP contribution in [0.5, 0.6) is 0 Å². The molecule has 0 bridgehead atoms. The van der Waals surface area contributed by atoms with E-state index in [1.165, 1.54) is 0 Å². The van der Waals surface area contributed by atoms with Crippen LogP contribution in [0.1, 0.15) is 61.1 Å². The fourth-order valence-corrected chi connectivity index (χ4v) is 9.00. The highest BCUT2D eigenvalue weighted by Gasteiger charge is 2.61. The summed E-state index contributed by atoms with van der Waals surface area (Å²) in [6.07, 6.45) is -3.53. The Morgan fingerprint density at radius 3 is 1.03 bits per heavy atom. The highest BCUT2D eigenvalue weighted by molar-refractivity contribution is 5.23. The Morgan fingerprint density at radius 1 is 0.379 bits per heavy atom. The van der Waals surface area contributed by atoms with Crippen LogP contribution in [-0.4, -0.2) is 86.2 Å². The van der Waals surface area contributed by atoms with Crippen LogP contribution >= 0.6 is 0 Å². The zero-order valence-corrected chi connectivity index (χ0v) is 38.3. The molecular formula is C54H62O12. The molecule has 0 radical (unpaired) electrons. The van der Waals surface area contributed by atoms with E-state index in [0.717, 1.165) is 33.4 Å². The minimum absolute atomic E-state index is 0.159. The van der Waals surface area contributed by atoms with E-state index in [1.54, 1.807) is 0 Å².